The van der Waals surface area contributed by atoms with Crippen LogP contribution < -0.4 is 4.90 Å². The van der Waals surface area contributed by atoms with Gasteiger partial charge in [0.15, 0.2) is 6.10 Å². The molecule has 5 heteroatoms. The maximum Gasteiger partial charge on any atom is 0.418 e. The van der Waals surface area contributed by atoms with E-state index >= 15 is 0 Å². The lowest BCUT2D eigenvalue weighted by atomic mass is 10.0. The summed E-state index contributed by atoms with van der Waals surface area (Å²) < 4.78 is 36.9. The Labute approximate surface area is 91.3 Å². The Morgan fingerprint density at radius 1 is 1.38 bits per heavy atom. The standard InChI is InChI=1S/C11H12F3NO/c1-15-5-4-7-6-8(2-3-9(7)15)10(16)11(12,13)14/h2-3,6,10,16H,4-5H2,1H3/t10-/m1/s1. The first-order valence-corrected chi connectivity index (χ1v) is 4.98. The van der Waals surface area contributed by atoms with Crippen molar-refractivity contribution in [3.63, 3.8) is 0 Å². The quantitative estimate of drug-likeness (QED) is 0.801. The van der Waals surface area contributed by atoms with Crippen molar-refractivity contribution in [3.05, 3.63) is 29.3 Å². The highest BCUT2D eigenvalue weighted by atomic mass is 19.4. The molecule has 0 radical (unpaired) electrons. The van der Waals surface area contributed by atoms with Crippen LogP contribution >= 0.6 is 0 Å². The molecule has 0 aromatic heterocycles. The molecule has 88 valence electrons. The molecular formula is C11H12F3NO. The van der Waals surface area contributed by atoms with E-state index in [0.717, 1.165) is 24.2 Å². The number of aliphatic hydroxyl groups excluding tert-OH is 1. The van der Waals surface area contributed by atoms with Crippen LogP contribution in [0.25, 0.3) is 0 Å². The number of likely N-dealkylation sites (N-methyl/N-ethyl adjacent to an activating group) is 1. The van der Waals surface area contributed by atoms with Gasteiger partial charge < -0.3 is 10.0 Å². The first kappa shape index (κ1) is 11.3. The zero-order valence-electron chi connectivity index (χ0n) is 8.75. The van der Waals surface area contributed by atoms with E-state index in [-0.39, 0.29) is 5.56 Å². The molecule has 16 heavy (non-hydrogen) atoms. The number of benzene rings is 1. The smallest absolute Gasteiger partial charge is 0.379 e. The fourth-order valence-electron chi connectivity index (χ4n) is 1.95. The third-order valence-corrected chi connectivity index (χ3v) is 2.86. The van der Waals surface area contributed by atoms with Crippen LogP contribution in [0.2, 0.25) is 0 Å². The fraction of sp³-hybridized carbons (Fsp3) is 0.455. The van der Waals surface area contributed by atoms with Crippen LogP contribution in [-0.4, -0.2) is 24.9 Å². The van der Waals surface area contributed by atoms with Crippen LogP contribution in [0.5, 0.6) is 0 Å². The fourth-order valence-corrected chi connectivity index (χ4v) is 1.95. The summed E-state index contributed by atoms with van der Waals surface area (Å²) in [6, 6.07) is 4.41. The van der Waals surface area contributed by atoms with E-state index in [0.29, 0.717) is 0 Å². The van der Waals surface area contributed by atoms with Crippen LogP contribution in [0.15, 0.2) is 18.2 Å². The molecule has 1 atom stereocenters. The highest BCUT2D eigenvalue weighted by Crippen LogP contribution is 2.35. The monoisotopic (exact) mass is 231 g/mol. The largest absolute Gasteiger partial charge is 0.418 e. The lowest BCUT2D eigenvalue weighted by Gasteiger charge is -2.17. The van der Waals surface area contributed by atoms with Crippen molar-refractivity contribution < 1.29 is 18.3 Å². The molecule has 1 aliphatic rings. The Kier molecular flexibility index (Phi) is 2.58. The predicted octanol–water partition coefficient (Wildman–Crippen LogP) is 2.27. The maximum atomic E-state index is 12.3. The van der Waals surface area contributed by atoms with Crippen molar-refractivity contribution in [1.82, 2.24) is 0 Å². The van der Waals surface area contributed by atoms with Gasteiger partial charge in [-0.15, -0.1) is 0 Å². The van der Waals surface area contributed by atoms with Crippen LogP contribution in [0.1, 0.15) is 17.2 Å². The summed E-state index contributed by atoms with van der Waals surface area (Å²) in [4.78, 5) is 1.99. The lowest BCUT2D eigenvalue weighted by molar-refractivity contribution is -0.206. The van der Waals surface area contributed by atoms with Gasteiger partial charge in [-0.3, -0.25) is 0 Å². The molecule has 1 aliphatic heterocycles. The molecule has 1 heterocycles. The normalized spacial score (nSPS) is 17.4. The van der Waals surface area contributed by atoms with Crippen molar-refractivity contribution in [1.29, 1.82) is 0 Å². The summed E-state index contributed by atoms with van der Waals surface area (Å²) >= 11 is 0. The number of nitrogens with zero attached hydrogens (tertiary/aromatic N) is 1. The predicted molar refractivity (Wildman–Crippen MR) is 54.4 cm³/mol. The highest BCUT2D eigenvalue weighted by Gasteiger charge is 2.39. The average Bonchev–Trinajstić information content (AvgIpc) is 2.57. The van der Waals surface area contributed by atoms with E-state index in [2.05, 4.69) is 0 Å². The number of hydrogen-bond donors (Lipinski definition) is 1. The van der Waals surface area contributed by atoms with E-state index < -0.39 is 12.3 Å². The van der Waals surface area contributed by atoms with E-state index in [1.165, 1.54) is 12.1 Å². The summed E-state index contributed by atoms with van der Waals surface area (Å²) in [7, 11) is 1.89. The maximum absolute atomic E-state index is 12.3. The van der Waals surface area contributed by atoms with Crippen molar-refractivity contribution in [2.45, 2.75) is 18.7 Å². The second kappa shape index (κ2) is 3.66. The van der Waals surface area contributed by atoms with Gasteiger partial charge in [0.1, 0.15) is 0 Å². The summed E-state index contributed by atoms with van der Waals surface area (Å²) in [5, 5.41) is 9.12. The number of alkyl halides is 3. The Balaban J connectivity index is 2.32. The zero-order valence-corrected chi connectivity index (χ0v) is 8.75. The second-order valence-electron chi connectivity index (χ2n) is 4.00. The van der Waals surface area contributed by atoms with Crippen LogP contribution in [0.3, 0.4) is 0 Å². The Morgan fingerprint density at radius 3 is 2.69 bits per heavy atom. The lowest BCUT2D eigenvalue weighted by Crippen LogP contribution is -2.20. The van der Waals surface area contributed by atoms with Gasteiger partial charge in [-0.2, -0.15) is 13.2 Å². The second-order valence-corrected chi connectivity index (χ2v) is 4.00. The minimum absolute atomic E-state index is 0.0819. The molecule has 0 saturated heterocycles. The third kappa shape index (κ3) is 1.87. The molecule has 0 bridgehead atoms. The minimum Gasteiger partial charge on any atom is -0.379 e. The number of anilines is 1. The Hall–Kier alpha value is -1.23. The van der Waals surface area contributed by atoms with Crippen molar-refractivity contribution in [2.24, 2.45) is 0 Å². The van der Waals surface area contributed by atoms with Crippen molar-refractivity contribution in [2.75, 3.05) is 18.5 Å². The zero-order chi connectivity index (χ0) is 11.9. The summed E-state index contributed by atoms with van der Waals surface area (Å²) in [5.74, 6) is 0. The topological polar surface area (TPSA) is 23.5 Å². The van der Waals surface area contributed by atoms with Gasteiger partial charge >= 0.3 is 6.18 Å². The number of hydrogen-bond acceptors (Lipinski definition) is 2. The van der Waals surface area contributed by atoms with Gasteiger partial charge in [0.05, 0.1) is 0 Å². The first-order valence-electron chi connectivity index (χ1n) is 4.98. The molecule has 2 nitrogen and oxygen atoms in total. The van der Waals surface area contributed by atoms with Crippen LogP contribution in [0.4, 0.5) is 18.9 Å². The van der Waals surface area contributed by atoms with E-state index in [1.807, 2.05) is 11.9 Å². The molecule has 0 fully saturated rings. The van der Waals surface area contributed by atoms with Crippen molar-refractivity contribution in [3.8, 4) is 0 Å². The number of aliphatic hydroxyl groups is 1. The number of halogens is 3. The molecule has 0 unspecified atom stereocenters. The summed E-state index contributed by atoms with van der Waals surface area (Å²) in [5.41, 5.74) is 1.72. The molecule has 1 aromatic carbocycles. The molecule has 1 N–H and O–H groups in total. The number of fused-ring (bicyclic) bond motifs is 1. The van der Waals surface area contributed by atoms with E-state index in [4.69, 9.17) is 5.11 Å². The van der Waals surface area contributed by atoms with Crippen LogP contribution in [-0.2, 0) is 6.42 Å². The van der Waals surface area contributed by atoms with Gasteiger partial charge in [0.25, 0.3) is 0 Å². The average molecular weight is 231 g/mol. The Bertz CT molecular complexity index is 403. The summed E-state index contributed by atoms with van der Waals surface area (Å²) in [6.07, 6.45) is -6.26. The SMILES string of the molecule is CN1CCc2cc([C@@H](O)C(F)(F)F)ccc21. The van der Waals surface area contributed by atoms with Gasteiger partial charge in [-0.1, -0.05) is 12.1 Å². The van der Waals surface area contributed by atoms with Crippen LogP contribution in [0, 0.1) is 0 Å². The molecule has 0 saturated carbocycles. The third-order valence-electron chi connectivity index (χ3n) is 2.86. The first-order chi connectivity index (χ1) is 7.39. The minimum atomic E-state index is -4.60. The Morgan fingerprint density at radius 2 is 2.06 bits per heavy atom. The van der Waals surface area contributed by atoms with Crippen molar-refractivity contribution >= 4 is 5.69 Å². The molecule has 0 amide bonds. The molecule has 0 aliphatic carbocycles. The molecular weight excluding hydrogens is 219 g/mol. The number of rotatable bonds is 1. The van der Waals surface area contributed by atoms with Gasteiger partial charge in [0.2, 0.25) is 0 Å². The molecule has 2 rings (SSSR count). The molecule has 1 aromatic rings. The summed E-state index contributed by atoms with van der Waals surface area (Å²) in [6.45, 7) is 0.806. The molecule has 0 spiro atoms. The van der Waals surface area contributed by atoms with Gasteiger partial charge in [-0.25, -0.2) is 0 Å². The van der Waals surface area contributed by atoms with Gasteiger partial charge in [0, 0.05) is 19.3 Å². The van der Waals surface area contributed by atoms with E-state index in [1.54, 1.807) is 6.07 Å². The van der Waals surface area contributed by atoms with E-state index in [9.17, 15) is 13.2 Å². The van der Waals surface area contributed by atoms with Gasteiger partial charge in [-0.05, 0) is 23.6 Å². The highest BCUT2D eigenvalue weighted by molar-refractivity contribution is 5.58.